The molecule has 0 saturated carbocycles. The summed E-state index contributed by atoms with van der Waals surface area (Å²) in [6.07, 6.45) is 0. The van der Waals surface area contributed by atoms with Crippen molar-refractivity contribution in [2.45, 2.75) is 0 Å². The molecular formula is C64H42N2. The lowest BCUT2D eigenvalue weighted by Gasteiger charge is -2.27. The van der Waals surface area contributed by atoms with Crippen LogP contribution in [0.4, 0.5) is 17.1 Å². The Hall–Kier alpha value is -8.72. The van der Waals surface area contributed by atoms with Gasteiger partial charge in [-0.15, -0.1) is 0 Å². The molecule has 0 aliphatic carbocycles. The fourth-order valence-corrected chi connectivity index (χ4v) is 10.5. The molecule has 13 aromatic rings. The molecule has 0 aliphatic heterocycles. The van der Waals surface area contributed by atoms with Crippen LogP contribution >= 0.6 is 0 Å². The summed E-state index contributed by atoms with van der Waals surface area (Å²) < 4.78 is 2.44. The topological polar surface area (TPSA) is 8.17 Å². The van der Waals surface area contributed by atoms with E-state index < -0.39 is 0 Å². The molecule has 0 unspecified atom stereocenters. The first-order chi connectivity index (χ1) is 32.7. The maximum absolute atomic E-state index is 2.44. The molecule has 0 spiro atoms. The van der Waals surface area contributed by atoms with Gasteiger partial charge in [0.25, 0.3) is 0 Å². The predicted octanol–water partition coefficient (Wildman–Crippen LogP) is 17.9. The monoisotopic (exact) mass is 838 g/mol. The fraction of sp³-hybridized carbons (Fsp3) is 0. The van der Waals surface area contributed by atoms with Gasteiger partial charge in [-0.3, -0.25) is 0 Å². The summed E-state index contributed by atoms with van der Waals surface area (Å²) >= 11 is 0. The van der Waals surface area contributed by atoms with E-state index in [1.54, 1.807) is 0 Å². The van der Waals surface area contributed by atoms with Crippen LogP contribution in [0.15, 0.2) is 255 Å². The van der Waals surface area contributed by atoms with Crippen LogP contribution in [-0.2, 0) is 0 Å². The summed E-state index contributed by atoms with van der Waals surface area (Å²) in [6.45, 7) is 0. The quantitative estimate of drug-likeness (QED) is 0.145. The van der Waals surface area contributed by atoms with E-state index in [2.05, 4.69) is 264 Å². The molecule has 0 fully saturated rings. The smallest absolute Gasteiger partial charge is 0.0541 e. The fourth-order valence-electron chi connectivity index (χ4n) is 10.5. The first-order valence-corrected chi connectivity index (χ1v) is 22.8. The van der Waals surface area contributed by atoms with E-state index in [9.17, 15) is 0 Å². The van der Waals surface area contributed by atoms with Crippen LogP contribution < -0.4 is 4.90 Å². The minimum Gasteiger partial charge on any atom is -0.310 e. The predicted molar refractivity (Wildman–Crippen MR) is 282 cm³/mol. The van der Waals surface area contributed by atoms with Crippen molar-refractivity contribution >= 4 is 82.0 Å². The SMILES string of the molecule is c1ccc(-c2ccc(N(c3ccc(-c4ccccc4-c4ccc5c(c4)c4ccccc4n5-c4ccc5c6ccccc6c6ccccc6c5c4)cc3)c3cccc4ccccc34)cc2)cc1. The zero-order valence-corrected chi connectivity index (χ0v) is 36.1. The molecule has 0 saturated heterocycles. The van der Waals surface area contributed by atoms with Gasteiger partial charge < -0.3 is 9.47 Å². The molecule has 0 N–H and O–H groups in total. The van der Waals surface area contributed by atoms with Crippen LogP contribution in [0.3, 0.4) is 0 Å². The highest BCUT2D eigenvalue weighted by Crippen LogP contribution is 2.43. The molecule has 308 valence electrons. The van der Waals surface area contributed by atoms with Crippen LogP contribution in [0.5, 0.6) is 0 Å². The largest absolute Gasteiger partial charge is 0.310 e. The lowest BCUT2D eigenvalue weighted by Crippen LogP contribution is -2.10. The van der Waals surface area contributed by atoms with Crippen molar-refractivity contribution in [1.82, 2.24) is 4.57 Å². The van der Waals surface area contributed by atoms with Gasteiger partial charge in [0.2, 0.25) is 0 Å². The molecule has 2 nitrogen and oxygen atoms in total. The molecule has 13 rings (SSSR count). The van der Waals surface area contributed by atoms with E-state index in [0.717, 1.165) is 22.7 Å². The van der Waals surface area contributed by atoms with Gasteiger partial charge in [-0.2, -0.15) is 0 Å². The van der Waals surface area contributed by atoms with Gasteiger partial charge >= 0.3 is 0 Å². The Morgan fingerprint density at radius 3 is 1.44 bits per heavy atom. The van der Waals surface area contributed by atoms with Crippen LogP contribution in [0.1, 0.15) is 0 Å². The van der Waals surface area contributed by atoms with E-state index in [4.69, 9.17) is 0 Å². The molecule has 1 aromatic heterocycles. The van der Waals surface area contributed by atoms with Crippen molar-refractivity contribution in [2.24, 2.45) is 0 Å². The summed E-state index contributed by atoms with van der Waals surface area (Å²) in [7, 11) is 0. The first kappa shape index (κ1) is 37.8. The second-order valence-electron chi connectivity index (χ2n) is 17.2. The summed E-state index contributed by atoms with van der Waals surface area (Å²) in [6, 6.07) is 93.2. The molecule has 0 aliphatic rings. The Balaban J connectivity index is 0.908. The number of benzene rings is 12. The van der Waals surface area contributed by atoms with Crippen molar-refractivity contribution in [3.05, 3.63) is 255 Å². The van der Waals surface area contributed by atoms with E-state index in [-0.39, 0.29) is 0 Å². The zero-order chi connectivity index (χ0) is 43.6. The van der Waals surface area contributed by atoms with Crippen LogP contribution in [-0.4, -0.2) is 4.57 Å². The van der Waals surface area contributed by atoms with Crippen LogP contribution in [0.2, 0.25) is 0 Å². The van der Waals surface area contributed by atoms with Gasteiger partial charge in [0, 0.05) is 33.2 Å². The second-order valence-corrected chi connectivity index (χ2v) is 17.2. The minimum atomic E-state index is 1.10. The molecule has 2 heteroatoms. The van der Waals surface area contributed by atoms with Crippen molar-refractivity contribution in [3.63, 3.8) is 0 Å². The lowest BCUT2D eigenvalue weighted by molar-refractivity contribution is 1.19. The number of hydrogen-bond acceptors (Lipinski definition) is 1. The number of fused-ring (bicyclic) bond motifs is 10. The van der Waals surface area contributed by atoms with Gasteiger partial charge in [-0.05, 0) is 132 Å². The Bertz CT molecular complexity index is 3930. The minimum absolute atomic E-state index is 1.10. The van der Waals surface area contributed by atoms with Crippen molar-refractivity contribution in [1.29, 1.82) is 0 Å². The van der Waals surface area contributed by atoms with Crippen LogP contribution in [0.25, 0.3) is 104 Å². The Morgan fingerprint density at radius 2 is 0.742 bits per heavy atom. The van der Waals surface area contributed by atoms with Crippen molar-refractivity contribution in [2.75, 3.05) is 4.90 Å². The second kappa shape index (κ2) is 15.5. The molecule has 12 aromatic carbocycles. The Morgan fingerprint density at radius 1 is 0.258 bits per heavy atom. The normalized spacial score (nSPS) is 11.6. The summed E-state index contributed by atoms with van der Waals surface area (Å²) in [5.41, 5.74) is 14.1. The van der Waals surface area contributed by atoms with Gasteiger partial charge in [0.1, 0.15) is 0 Å². The molecule has 0 radical (unpaired) electrons. The Kier molecular flexibility index (Phi) is 8.89. The number of aromatic nitrogens is 1. The van der Waals surface area contributed by atoms with E-state index >= 15 is 0 Å². The molecule has 1 heterocycles. The number of para-hydroxylation sites is 1. The highest BCUT2D eigenvalue weighted by molar-refractivity contribution is 6.25. The van der Waals surface area contributed by atoms with Gasteiger partial charge in [-0.25, -0.2) is 0 Å². The lowest BCUT2D eigenvalue weighted by atomic mass is 9.93. The maximum Gasteiger partial charge on any atom is 0.0541 e. The number of anilines is 3. The van der Waals surface area contributed by atoms with E-state index in [1.165, 1.54) is 98.3 Å². The molecule has 0 atom stereocenters. The summed E-state index contributed by atoms with van der Waals surface area (Å²) in [4.78, 5) is 2.39. The van der Waals surface area contributed by atoms with Crippen molar-refractivity contribution in [3.8, 4) is 39.1 Å². The van der Waals surface area contributed by atoms with E-state index in [0.29, 0.717) is 0 Å². The van der Waals surface area contributed by atoms with Crippen molar-refractivity contribution < 1.29 is 0 Å². The average Bonchev–Trinajstić information content (AvgIpc) is 3.73. The molecule has 0 bridgehead atoms. The third kappa shape index (κ3) is 6.18. The standard InChI is InChI=1S/C64H42N2/c1-2-15-43(16-3-1)44-29-34-48(35-30-44)65(62-28-14-18-45-17-4-5-21-53(45)62)49-36-31-46(32-37-49)51-19-6-7-20-52(51)47-33-40-64-61(41-47)59-26-12-13-27-63(59)66(64)50-38-39-58-56-24-9-8-22-54(56)55-23-10-11-25-57(55)60(58)42-50/h1-42H. The average molecular weight is 839 g/mol. The Labute approximate surface area is 383 Å². The first-order valence-electron chi connectivity index (χ1n) is 22.8. The van der Waals surface area contributed by atoms with Gasteiger partial charge in [0.05, 0.1) is 16.7 Å². The van der Waals surface area contributed by atoms with Crippen LogP contribution in [0, 0.1) is 0 Å². The molecule has 0 amide bonds. The van der Waals surface area contributed by atoms with Gasteiger partial charge in [-0.1, -0.05) is 194 Å². The maximum atomic E-state index is 2.44. The highest BCUT2D eigenvalue weighted by Gasteiger charge is 2.19. The van der Waals surface area contributed by atoms with Gasteiger partial charge in [0.15, 0.2) is 0 Å². The third-order valence-corrected chi connectivity index (χ3v) is 13.6. The summed E-state index contributed by atoms with van der Waals surface area (Å²) in [5.74, 6) is 0. The third-order valence-electron chi connectivity index (χ3n) is 13.6. The highest BCUT2D eigenvalue weighted by atomic mass is 15.1. The molecule has 66 heavy (non-hydrogen) atoms. The molecular weight excluding hydrogens is 797 g/mol. The van der Waals surface area contributed by atoms with E-state index in [1.807, 2.05) is 0 Å². The zero-order valence-electron chi connectivity index (χ0n) is 36.1. The number of hydrogen-bond donors (Lipinski definition) is 0. The summed E-state index contributed by atoms with van der Waals surface area (Å²) in [5, 5.41) is 12.6. The number of rotatable bonds is 7. The number of nitrogens with zero attached hydrogens (tertiary/aromatic N) is 2.